The number of aromatic amines is 1. The van der Waals surface area contributed by atoms with Gasteiger partial charge in [-0.1, -0.05) is 0 Å². The first-order valence-corrected chi connectivity index (χ1v) is 5.12. The van der Waals surface area contributed by atoms with E-state index in [2.05, 4.69) is 20.9 Å². The molecule has 0 amide bonds. The Labute approximate surface area is 89.1 Å². The zero-order chi connectivity index (χ0) is 10.3. The van der Waals surface area contributed by atoms with Crippen LogP contribution < -0.4 is 0 Å². The number of aliphatic hydroxyl groups is 1. The summed E-state index contributed by atoms with van der Waals surface area (Å²) in [4.78, 5) is 13.5. The number of fused-ring (bicyclic) bond motifs is 1. The molecule has 3 N–H and O–H groups in total. The molecule has 1 aromatic rings. The molecule has 1 unspecified atom stereocenters. The van der Waals surface area contributed by atoms with Gasteiger partial charge in [0.2, 0.25) is 0 Å². The lowest BCUT2D eigenvalue weighted by atomic mass is 9.94. The molecule has 4 nitrogen and oxygen atoms in total. The molecule has 1 aromatic heterocycles. The van der Waals surface area contributed by atoms with E-state index in [4.69, 9.17) is 5.11 Å². The lowest BCUT2D eigenvalue weighted by Gasteiger charge is -2.20. The van der Waals surface area contributed by atoms with Crippen LogP contribution in [0.2, 0.25) is 0 Å². The van der Waals surface area contributed by atoms with Crippen LogP contribution >= 0.6 is 15.9 Å². The van der Waals surface area contributed by atoms with E-state index in [1.54, 1.807) is 6.20 Å². The van der Waals surface area contributed by atoms with Crippen LogP contribution in [0.25, 0.3) is 0 Å². The molecule has 1 atom stereocenters. The van der Waals surface area contributed by atoms with Crippen molar-refractivity contribution in [2.75, 3.05) is 0 Å². The summed E-state index contributed by atoms with van der Waals surface area (Å²) < 4.78 is 0.841. The molecule has 1 aliphatic rings. The maximum absolute atomic E-state index is 10.6. The lowest BCUT2D eigenvalue weighted by molar-refractivity contribution is -0.142. The number of aromatic nitrogens is 1. The molecule has 1 heterocycles. The van der Waals surface area contributed by atoms with E-state index >= 15 is 0 Å². The molecule has 0 saturated carbocycles. The first-order chi connectivity index (χ1) is 6.53. The van der Waals surface area contributed by atoms with Crippen molar-refractivity contribution in [1.82, 2.24) is 4.98 Å². The Bertz CT molecular complexity index is 387. The van der Waals surface area contributed by atoms with Gasteiger partial charge in [0.25, 0.3) is 0 Å². The largest absolute Gasteiger partial charge is 0.481 e. The highest BCUT2D eigenvalue weighted by Gasteiger charge is 2.40. The SMILES string of the molecule is O=C(O)CC1(O)CCc2c1c[nH]c2Br. The summed E-state index contributed by atoms with van der Waals surface area (Å²) in [6.45, 7) is 0. The third-order valence-corrected chi connectivity index (χ3v) is 3.37. The molecule has 0 bridgehead atoms. The molecule has 0 aromatic carbocycles. The van der Waals surface area contributed by atoms with Gasteiger partial charge in [-0.15, -0.1) is 0 Å². The molecule has 1 aliphatic carbocycles. The van der Waals surface area contributed by atoms with E-state index in [-0.39, 0.29) is 6.42 Å². The molecule has 0 fully saturated rings. The minimum absolute atomic E-state index is 0.232. The van der Waals surface area contributed by atoms with Gasteiger partial charge < -0.3 is 15.2 Å². The fraction of sp³-hybridized carbons (Fsp3) is 0.444. The van der Waals surface area contributed by atoms with E-state index in [0.29, 0.717) is 18.4 Å². The van der Waals surface area contributed by atoms with Crippen molar-refractivity contribution in [1.29, 1.82) is 0 Å². The van der Waals surface area contributed by atoms with Crippen LogP contribution in [0.3, 0.4) is 0 Å². The quantitative estimate of drug-likeness (QED) is 0.752. The maximum Gasteiger partial charge on any atom is 0.306 e. The summed E-state index contributed by atoms with van der Waals surface area (Å²) in [5, 5.41) is 18.8. The average molecular weight is 260 g/mol. The molecule has 14 heavy (non-hydrogen) atoms. The second-order valence-corrected chi connectivity index (χ2v) is 4.39. The number of halogens is 1. The van der Waals surface area contributed by atoms with E-state index in [1.165, 1.54) is 0 Å². The van der Waals surface area contributed by atoms with Crippen molar-refractivity contribution in [2.24, 2.45) is 0 Å². The van der Waals surface area contributed by atoms with Crippen molar-refractivity contribution in [2.45, 2.75) is 24.9 Å². The Morgan fingerprint density at radius 3 is 3.07 bits per heavy atom. The standard InChI is InChI=1S/C9H10BrNO3/c10-8-5-1-2-9(14,3-7(12)13)6(5)4-11-8/h4,11,14H,1-3H2,(H,12,13). The van der Waals surface area contributed by atoms with E-state index < -0.39 is 11.6 Å². The highest BCUT2D eigenvalue weighted by atomic mass is 79.9. The van der Waals surface area contributed by atoms with Crippen molar-refractivity contribution >= 4 is 21.9 Å². The number of carboxylic acid groups (broad SMARTS) is 1. The molecule has 0 radical (unpaired) electrons. The number of carboxylic acids is 1. The monoisotopic (exact) mass is 259 g/mol. The average Bonchev–Trinajstić information content (AvgIpc) is 2.55. The van der Waals surface area contributed by atoms with E-state index in [1.807, 2.05) is 0 Å². The van der Waals surface area contributed by atoms with Gasteiger partial charge in [-0.25, -0.2) is 0 Å². The predicted octanol–water partition coefficient (Wildman–Crippen LogP) is 1.39. The van der Waals surface area contributed by atoms with Crippen LogP contribution in [0.5, 0.6) is 0 Å². The Morgan fingerprint density at radius 1 is 1.71 bits per heavy atom. The third-order valence-electron chi connectivity index (χ3n) is 2.67. The second-order valence-electron chi connectivity index (χ2n) is 3.60. The van der Waals surface area contributed by atoms with Gasteiger partial charge in [-0.3, -0.25) is 4.79 Å². The first kappa shape index (κ1) is 9.73. The molecular formula is C9H10BrNO3. The van der Waals surface area contributed by atoms with Crippen molar-refractivity contribution in [3.63, 3.8) is 0 Å². The summed E-state index contributed by atoms with van der Waals surface area (Å²) in [6, 6.07) is 0. The Kier molecular flexibility index (Phi) is 2.16. The molecule has 5 heteroatoms. The third kappa shape index (κ3) is 1.36. The first-order valence-electron chi connectivity index (χ1n) is 4.33. The van der Waals surface area contributed by atoms with E-state index in [0.717, 1.165) is 10.2 Å². The van der Waals surface area contributed by atoms with Gasteiger partial charge in [-0.2, -0.15) is 0 Å². The number of rotatable bonds is 2. The zero-order valence-electron chi connectivity index (χ0n) is 7.38. The molecular weight excluding hydrogens is 250 g/mol. The summed E-state index contributed by atoms with van der Waals surface area (Å²) in [5.74, 6) is -0.974. The summed E-state index contributed by atoms with van der Waals surface area (Å²) in [7, 11) is 0. The predicted molar refractivity (Wildman–Crippen MR) is 53.0 cm³/mol. The summed E-state index contributed by atoms with van der Waals surface area (Å²) >= 11 is 3.32. The van der Waals surface area contributed by atoms with Crippen LogP contribution in [0.4, 0.5) is 0 Å². The van der Waals surface area contributed by atoms with Gasteiger partial charge in [0, 0.05) is 11.8 Å². The van der Waals surface area contributed by atoms with Crippen molar-refractivity contribution < 1.29 is 15.0 Å². The fourth-order valence-electron chi connectivity index (χ4n) is 1.99. The number of carbonyl (C=O) groups is 1. The van der Waals surface area contributed by atoms with Gasteiger partial charge in [0.05, 0.1) is 11.0 Å². The number of aliphatic carboxylic acids is 1. The Balaban J connectivity index is 2.37. The summed E-state index contributed by atoms with van der Waals surface area (Å²) in [5.41, 5.74) is 0.518. The highest BCUT2D eigenvalue weighted by Crippen LogP contribution is 2.42. The fourth-order valence-corrected chi connectivity index (χ4v) is 2.51. The van der Waals surface area contributed by atoms with Gasteiger partial charge in [0.15, 0.2) is 0 Å². The van der Waals surface area contributed by atoms with E-state index in [9.17, 15) is 9.90 Å². The van der Waals surface area contributed by atoms with Crippen molar-refractivity contribution in [3.8, 4) is 0 Å². The highest BCUT2D eigenvalue weighted by molar-refractivity contribution is 9.10. The Morgan fingerprint density at radius 2 is 2.43 bits per heavy atom. The minimum atomic E-state index is -1.19. The molecule has 0 saturated heterocycles. The van der Waals surface area contributed by atoms with Crippen LogP contribution in [0.15, 0.2) is 10.8 Å². The topological polar surface area (TPSA) is 73.3 Å². The lowest BCUT2D eigenvalue weighted by Crippen LogP contribution is -2.25. The molecule has 0 aliphatic heterocycles. The van der Waals surface area contributed by atoms with Crippen molar-refractivity contribution in [3.05, 3.63) is 21.9 Å². The smallest absolute Gasteiger partial charge is 0.306 e. The van der Waals surface area contributed by atoms with Gasteiger partial charge >= 0.3 is 5.97 Å². The molecule has 2 rings (SSSR count). The maximum atomic E-state index is 10.6. The molecule has 0 spiro atoms. The zero-order valence-corrected chi connectivity index (χ0v) is 8.97. The number of nitrogens with one attached hydrogen (secondary N) is 1. The van der Waals surface area contributed by atoms with Crippen LogP contribution in [-0.4, -0.2) is 21.2 Å². The van der Waals surface area contributed by atoms with Gasteiger partial charge in [-0.05, 0) is 34.3 Å². The van der Waals surface area contributed by atoms with Crippen LogP contribution in [0, 0.1) is 0 Å². The Hall–Kier alpha value is -0.810. The summed E-state index contributed by atoms with van der Waals surface area (Å²) in [6.07, 6.45) is 2.64. The minimum Gasteiger partial charge on any atom is -0.481 e. The normalized spacial score (nSPS) is 25.0. The van der Waals surface area contributed by atoms with Gasteiger partial charge in [0.1, 0.15) is 5.60 Å². The number of hydrogen-bond acceptors (Lipinski definition) is 2. The second kappa shape index (κ2) is 3.10. The number of hydrogen-bond donors (Lipinski definition) is 3. The molecule has 76 valence electrons. The number of H-pyrrole nitrogens is 1. The van der Waals surface area contributed by atoms with Crippen LogP contribution in [0.1, 0.15) is 24.0 Å². The van der Waals surface area contributed by atoms with Crippen LogP contribution in [-0.2, 0) is 16.8 Å².